The molecule has 0 aromatic heterocycles. The van der Waals surface area contributed by atoms with Crippen LogP contribution in [0, 0.1) is 0 Å². The molecule has 0 radical (unpaired) electrons. The maximum atomic E-state index is 12.3. The van der Waals surface area contributed by atoms with Crippen LogP contribution in [-0.2, 0) is 10.2 Å². The van der Waals surface area contributed by atoms with Gasteiger partial charge in [-0.05, 0) is 27.7 Å². The standard InChI is InChI=1S/C10H24N4O3S/c1-8(2)13(5)18(16,17)14(9(3)4)7-6-10(11)12-15/h8-9,15H,6-7H2,1-5H3,(H2,11,12). The molecule has 0 bridgehead atoms. The van der Waals surface area contributed by atoms with Crippen LogP contribution in [0.15, 0.2) is 5.16 Å². The zero-order chi connectivity index (χ0) is 14.5. The van der Waals surface area contributed by atoms with E-state index in [1.54, 1.807) is 34.7 Å². The lowest BCUT2D eigenvalue weighted by molar-refractivity contribution is 0.300. The molecule has 0 aliphatic carbocycles. The summed E-state index contributed by atoms with van der Waals surface area (Å²) in [6, 6.07) is -0.317. The van der Waals surface area contributed by atoms with Gasteiger partial charge in [0.1, 0.15) is 5.84 Å². The highest BCUT2D eigenvalue weighted by molar-refractivity contribution is 7.86. The molecule has 0 atom stereocenters. The topological polar surface area (TPSA) is 99.2 Å². The number of oxime groups is 1. The first-order valence-corrected chi connectivity index (χ1v) is 7.25. The second-order valence-corrected chi connectivity index (χ2v) is 6.60. The molecule has 108 valence electrons. The second kappa shape index (κ2) is 6.91. The smallest absolute Gasteiger partial charge is 0.282 e. The van der Waals surface area contributed by atoms with E-state index in [1.807, 2.05) is 0 Å². The van der Waals surface area contributed by atoms with Crippen LogP contribution < -0.4 is 5.73 Å². The Morgan fingerprint density at radius 1 is 1.28 bits per heavy atom. The van der Waals surface area contributed by atoms with Crippen LogP contribution >= 0.6 is 0 Å². The normalized spacial score (nSPS) is 14.2. The van der Waals surface area contributed by atoms with Crippen LogP contribution in [0.5, 0.6) is 0 Å². The average molecular weight is 280 g/mol. The summed E-state index contributed by atoms with van der Waals surface area (Å²) in [6.07, 6.45) is 0.194. The summed E-state index contributed by atoms with van der Waals surface area (Å²) in [4.78, 5) is 0. The molecule has 0 aromatic carbocycles. The van der Waals surface area contributed by atoms with Gasteiger partial charge in [-0.15, -0.1) is 0 Å². The quantitative estimate of drug-likeness (QED) is 0.305. The number of rotatable bonds is 7. The lowest BCUT2D eigenvalue weighted by Crippen LogP contribution is -2.48. The fraction of sp³-hybridized carbons (Fsp3) is 0.900. The molecule has 0 saturated carbocycles. The van der Waals surface area contributed by atoms with Crippen molar-refractivity contribution in [3.63, 3.8) is 0 Å². The first-order chi connectivity index (χ1) is 8.14. The van der Waals surface area contributed by atoms with Gasteiger partial charge in [-0.25, -0.2) is 0 Å². The largest absolute Gasteiger partial charge is 0.409 e. The van der Waals surface area contributed by atoms with Gasteiger partial charge in [0, 0.05) is 32.1 Å². The average Bonchev–Trinajstić information content (AvgIpc) is 2.26. The monoisotopic (exact) mass is 280 g/mol. The van der Waals surface area contributed by atoms with E-state index in [1.165, 1.54) is 8.61 Å². The number of amidine groups is 1. The van der Waals surface area contributed by atoms with Gasteiger partial charge in [0.05, 0.1) is 0 Å². The van der Waals surface area contributed by atoms with E-state index in [4.69, 9.17) is 10.9 Å². The van der Waals surface area contributed by atoms with E-state index in [2.05, 4.69) is 5.16 Å². The minimum Gasteiger partial charge on any atom is -0.409 e. The predicted octanol–water partition coefficient (Wildman–Crippen LogP) is 0.418. The maximum absolute atomic E-state index is 12.3. The molecule has 7 nitrogen and oxygen atoms in total. The maximum Gasteiger partial charge on any atom is 0.282 e. The zero-order valence-corrected chi connectivity index (χ0v) is 12.5. The Hall–Kier alpha value is -0.860. The van der Waals surface area contributed by atoms with E-state index in [0.717, 1.165) is 0 Å². The van der Waals surface area contributed by atoms with Gasteiger partial charge < -0.3 is 10.9 Å². The van der Waals surface area contributed by atoms with E-state index in [9.17, 15) is 8.42 Å². The van der Waals surface area contributed by atoms with Gasteiger partial charge in [-0.1, -0.05) is 5.16 Å². The molecule has 0 fully saturated rings. The van der Waals surface area contributed by atoms with Crippen molar-refractivity contribution in [2.24, 2.45) is 10.9 Å². The Morgan fingerprint density at radius 2 is 1.78 bits per heavy atom. The third-order valence-electron chi connectivity index (χ3n) is 2.68. The summed E-state index contributed by atoms with van der Waals surface area (Å²) in [5.41, 5.74) is 5.37. The molecule has 0 aromatic rings. The molecule has 0 aliphatic rings. The van der Waals surface area contributed by atoms with E-state index in [-0.39, 0.29) is 30.9 Å². The molecular formula is C10H24N4O3S. The molecule has 3 N–H and O–H groups in total. The van der Waals surface area contributed by atoms with Crippen LogP contribution in [-0.4, -0.2) is 53.7 Å². The third kappa shape index (κ3) is 4.43. The predicted molar refractivity (Wildman–Crippen MR) is 71.7 cm³/mol. The van der Waals surface area contributed by atoms with Crippen molar-refractivity contribution in [1.29, 1.82) is 0 Å². The summed E-state index contributed by atoms with van der Waals surface area (Å²) in [6.45, 7) is 7.38. The number of nitrogens with two attached hydrogens (primary N) is 1. The van der Waals surface area contributed by atoms with Crippen LogP contribution in [0.25, 0.3) is 0 Å². The Kier molecular flexibility index (Phi) is 6.58. The van der Waals surface area contributed by atoms with Gasteiger partial charge in [-0.2, -0.15) is 17.0 Å². The second-order valence-electron chi connectivity index (χ2n) is 4.66. The molecule has 0 aliphatic heterocycles. The van der Waals surface area contributed by atoms with Crippen molar-refractivity contribution >= 4 is 16.0 Å². The molecule has 0 saturated heterocycles. The molecule has 0 unspecified atom stereocenters. The van der Waals surface area contributed by atoms with E-state index >= 15 is 0 Å². The van der Waals surface area contributed by atoms with Gasteiger partial charge >= 0.3 is 0 Å². The Morgan fingerprint density at radius 3 is 2.11 bits per heavy atom. The van der Waals surface area contributed by atoms with Crippen molar-refractivity contribution in [3.05, 3.63) is 0 Å². The van der Waals surface area contributed by atoms with Crippen molar-refractivity contribution < 1.29 is 13.6 Å². The summed E-state index contributed by atoms with van der Waals surface area (Å²) in [5.74, 6) is 0.0167. The lowest BCUT2D eigenvalue weighted by Gasteiger charge is -2.32. The minimum absolute atomic E-state index is 0.0167. The third-order valence-corrected chi connectivity index (χ3v) is 5.03. The molecule has 0 spiro atoms. The number of nitrogens with zero attached hydrogens (tertiary/aromatic N) is 3. The lowest BCUT2D eigenvalue weighted by atomic mass is 10.3. The summed E-state index contributed by atoms with van der Waals surface area (Å²) < 4.78 is 27.3. The molecule has 0 amide bonds. The zero-order valence-electron chi connectivity index (χ0n) is 11.7. The van der Waals surface area contributed by atoms with Crippen molar-refractivity contribution in [2.75, 3.05) is 13.6 Å². The highest BCUT2D eigenvalue weighted by Crippen LogP contribution is 2.14. The fourth-order valence-corrected chi connectivity index (χ4v) is 3.07. The summed E-state index contributed by atoms with van der Waals surface area (Å²) in [7, 11) is -1.99. The molecule has 0 heterocycles. The highest BCUT2D eigenvalue weighted by atomic mass is 32.2. The summed E-state index contributed by atoms with van der Waals surface area (Å²) in [5, 5.41) is 11.3. The number of hydrogen-bond donors (Lipinski definition) is 2. The van der Waals surface area contributed by atoms with Gasteiger partial charge in [-0.3, -0.25) is 0 Å². The SMILES string of the molecule is CC(C)N(C)S(=O)(=O)N(CCC(N)=NO)C(C)C. The Labute approximate surface area is 109 Å². The molecular weight excluding hydrogens is 256 g/mol. The molecule has 0 rings (SSSR count). The minimum atomic E-state index is -3.53. The fourth-order valence-electron chi connectivity index (χ4n) is 1.35. The Balaban J connectivity index is 5.01. The Bertz CT molecular complexity index is 379. The first kappa shape index (κ1) is 17.1. The number of hydrogen-bond acceptors (Lipinski definition) is 4. The molecule has 18 heavy (non-hydrogen) atoms. The van der Waals surface area contributed by atoms with Crippen molar-refractivity contribution in [2.45, 2.75) is 46.2 Å². The van der Waals surface area contributed by atoms with Crippen LogP contribution in [0.1, 0.15) is 34.1 Å². The van der Waals surface area contributed by atoms with Gasteiger partial charge in [0.2, 0.25) is 0 Å². The van der Waals surface area contributed by atoms with Crippen molar-refractivity contribution in [1.82, 2.24) is 8.61 Å². The first-order valence-electron chi connectivity index (χ1n) is 5.85. The van der Waals surface area contributed by atoms with E-state index < -0.39 is 10.2 Å². The van der Waals surface area contributed by atoms with Gasteiger partial charge in [0.15, 0.2) is 0 Å². The van der Waals surface area contributed by atoms with Crippen LogP contribution in [0.4, 0.5) is 0 Å². The van der Waals surface area contributed by atoms with Crippen molar-refractivity contribution in [3.8, 4) is 0 Å². The highest BCUT2D eigenvalue weighted by Gasteiger charge is 2.30. The van der Waals surface area contributed by atoms with E-state index in [0.29, 0.717) is 0 Å². The van der Waals surface area contributed by atoms with Crippen LogP contribution in [0.3, 0.4) is 0 Å². The van der Waals surface area contributed by atoms with Crippen LogP contribution in [0.2, 0.25) is 0 Å². The van der Waals surface area contributed by atoms with Gasteiger partial charge in [0.25, 0.3) is 10.2 Å². The summed E-state index contributed by atoms with van der Waals surface area (Å²) >= 11 is 0. The molecule has 8 heteroatoms.